The molecular formula is C50H30O9. The Balaban J connectivity index is 1.31. The number of phenols is 8. The predicted octanol–water partition coefficient (Wildman–Crippen LogP) is 12.0. The molecule has 0 bridgehead atoms. The standard InChI is InChI=1S/C50H30O9/c51-42-38-35(26-11-5-10-25(22-26)28-14-6-15-30-27-12-3-1-8-23(27)18-20-31(28)30)39-41(45(54)49(58)47(56)43(39)52)37(40(38)44(53)48(57)46(42)55)32-16-7-17-34-36(32)33-21-19-24-9-2-4-13-29(24)50(33)59-34/h1-22,51-58H. The van der Waals surface area contributed by atoms with Gasteiger partial charge in [-0.05, 0) is 67.4 Å². The Kier molecular flexibility index (Phi) is 6.97. The van der Waals surface area contributed by atoms with Gasteiger partial charge in [-0.2, -0.15) is 0 Å². The van der Waals surface area contributed by atoms with Gasteiger partial charge in [0.05, 0.1) is 0 Å². The zero-order chi connectivity index (χ0) is 40.4. The van der Waals surface area contributed by atoms with E-state index >= 15 is 0 Å². The predicted molar refractivity (Wildman–Crippen MR) is 231 cm³/mol. The summed E-state index contributed by atoms with van der Waals surface area (Å²) in [6, 6.07) is 41.8. The minimum atomic E-state index is -1.04. The van der Waals surface area contributed by atoms with Crippen molar-refractivity contribution in [3.05, 3.63) is 133 Å². The van der Waals surface area contributed by atoms with Crippen LogP contribution in [0.25, 0.3) is 109 Å². The maximum absolute atomic E-state index is 11.9. The van der Waals surface area contributed by atoms with Crippen LogP contribution >= 0.6 is 0 Å². The van der Waals surface area contributed by atoms with Crippen molar-refractivity contribution in [2.24, 2.45) is 0 Å². The molecule has 1 aromatic heterocycles. The second-order valence-electron chi connectivity index (χ2n) is 14.8. The normalized spacial score (nSPS) is 11.9. The minimum absolute atomic E-state index is 0.0345. The molecule has 0 aliphatic heterocycles. The summed E-state index contributed by atoms with van der Waals surface area (Å²) in [4.78, 5) is 0. The van der Waals surface area contributed by atoms with Crippen LogP contribution in [0.2, 0.25) is 0 Å². The van der Waals surface area contributed by atoms with Crippen LogP contribution in [0.4, 0.5) is 0 Å². The van der Waals surface area contributed by atoms with Crippen molar-refractivity contribution in [3.63, 3.8) is 0 Å². The van der Waals surface area contributed by atoms with Crippen molar-refractivity contribution in [1.29, 1.82) is 0 Å². The fourth-order valence-corrected chi connectivity index (χ4v) is 9.07. The van der Waals surface area contributed by atoms with E-state index in [1.807, 2.05) is 91.0 Å². The molecule has 0 saturated heterocycles. The van der Waals surface area contributed by atoms with Gasteiger partial charge in [0.2, 0.25) is 23.0 Å². The summed E-state index contributed by atoms with van der Waals surface area (Å²) in [5.41, 5.74) is 3.06. The Morgan fingerprint density at radius 2 is 0.797 bits per heavy atom. The Morgan fingerprint density at radius 3 is 1.46 bits per heavy atom. The van der Waals surface area contributed by atoms with Crippen LogP contribution in [0.1, 0.15) is 0 Å². The third kappa shape index (κ3) is 4.55. The largest absolute Gasteiger partial charge is 0.504 e. The summed E-state index contributed by atoms with van der Waals surface area (Å²) < 4.78 is 6.45. The molecule has 0 aliphatic carbocycles. The molecule has 0 amide bonds. The van der Waals surface area contributed by atoms with Crippen LogP contribution < -0.4 is 0 Å². The van der Waals surface area contributed by atoms with Gasteiger partial charge in [0.15, 0.2) is 23.0 Å². The minimum Gasteiger partial charge on any atom is -0.504 e. The third-order valence-electron chi connectivity index (χ3n) is 11.7. The van der Waals surface area contributed by atoms with E-state index in [9.17, 15) is 40.9 Å². The highest BCUT2D eigenvalue weighted by Crippen LogP contribution is 2.62. The van der Waals surface area contributed by atoms with E-state index in [-0.39, 0.29) is 32.7 Å². The fourth-order valence-electron chi connectivity index (χ4n) is 9.07. The van der Waals surface area contributed by atoms with Crippen LogP contribution in [0, 0.1) is 0 Å². The second-order valence-corrected chi connectivity index (χ2v) is 14.8. The van der Waals surface area contributed by atoms with E-state index < -0.39 is 46.0 Å². The molecule has 10 aromatic carbocycles. The van der Waals surface area contributed by atoms with Crippen LogP contribution in [0.5, 0.6) is 46.0 Å². The average Bonchev–Trinajstić information content (AvgIpc) is 3.67. The first-order valence-corrected chi connectivity index (χ1v) is 18.7. The van der Waals surface area contributed by atoms with Crippen molar-refractivity contribution in [1.82, 2.24) is 0 Å². The number of hydrogen-bond acceptors (Lipinski definition) is 9. The molecule has 0 radical (unpaired) electrons. The SMILES string of the molecule is Oc1c(O)c(O)c2c(-c3cccc4oc5c6ccccc6ccc5c34)c3c(O)c(O)c(O)c(O)c3c(-c3cccc(-c4cccc5c4ccc4ccccc45)c3)c2c1O. The first-order chi connectivity index (χ1) is 28.6. The van der Waals surface area contributed by atoms with Gasteiger partial charge in [-0.3, -0.25) is 0 Å². The molecule has 1 heterocycles. The van der Waals surface area contributed by atoms with Crippen molar-refractivity contribution in [2.45, 2.75) is 0 Å². The van der Waals surface area contributed by atoms with Crippen LogP contribution in [-0.4, -0.2) is 40.9 Å². The van der Waals surface area contributed by atoms with Crippen molar-refractivity contribution < 1.29 is 45.3 Å². The molecule has 284 valence electrons. The number of phenolic OH excluding ortho intramolecular Hbond substituents is 8. The van der Waals surface area contributed by atoms with E-state index in [0.29, 0.717) is 38.6 Å². The molecule has 11 rings (SSSR count). The first kappa shape index (κ1) is 34.0. The summed E-state index contributed by atoms with van der Waals surface area (Å²) in [6.45, 7) is 0. The number of rotatable bonds is 3. The summed E-state index contributed by atoms with van der Waals surface area (Å²) in [6.07, 6.45) is 0. The molecule has 0 spiro atoms. The van der Waals surface area contributed by atoms with E-state index in [4.69, 9.17) is 4.42 Å². The highest BCUT2D eigenvalue weighted by molar-refractivity contribution is 6.32. The lowest BCUT2D eigenvalue weighted by atomic mass is 9.82. The van der Waals surface area contributed by atoms with Crippen LogP contribution in [-0.2, 0) is 0 Å². The molecule has 9 nitrogen and oxygen atoms in total. The molecule has 0 atom stereocenters. The molecule has 9 heteroatoms. The zero-order valence-corrected chi connectivity index (χ0v) is 30.7. The maximum atomic E-state index is 11.9. The number of fused-ring (bicyclic) bond motifs is 10. The van der Waals surface area contributed by atoms with Gasteiger partial charge in [-0.25, -0.2) is 0 Å². The maximum Gasteiger partial charge on any atom is 0.204 e. The van der Waals surface area contributed by atoms with Crippen molar-refractivity contribution >= 4 is 75.8 Å². The highest BCUT2D eigenvalue weighted by Gasteiger charge is 2.33. The number of aromatic hydroxyl groups is 8. The molecule has 0 aliphatic rings. The van der Waals surface area contributed by atoms with E-state index in [2.05, 4.69) is 6.07 Å². The Hall–Kier alpha value is -8.30. The van der Waals surface area contributed by atoms with Crippen LogP contribution in [0.3, 0.4) is 0 Å². The number of hydrogen-bond donors (Lipinski definition) is 8. The molecule has 0 saturated carbocycles. The lowest BCUT2D eigenvalue weighted by Gasteiger charge is -2.23. The monoisotopic (exact) mass is 774 g/mol. The molecule has 0 fully saturated rings. The van der Waals surface area contributed by atoms with Gasteiger partial charge >= 0.3 is 0 Å². The zero-order valence-electron chi connectivity index (χ0n) is 30.7. The molecule has 59 heavy (non-hydrogen) atoms. The Labute approximate surface area is 333 Å². The second kappa shape index (κ2) is 12.1. The summed E-state index contributed by atoms with van der Waals surface area (Å²) in [5.74, 6) is -7.57. The van der Waals surface area contributed by atoms with Gasteiger partial charge < -0.3 is 45.3 Å². The molecule has 8 N–H and O–H groups in total. The molecular weight excluding hydrogens is 745 g/mol. The molecule has 0 unspecified atom stereocenters. The average molecular weight is 775 g/mol. The highest BCUT2D eigenvalue weighted by atomic mass is 16.4. The Bertz CT molecular complexity index is 3580. The third-order valence-corrected chi connectivity index (χ3v) is 11.7. The summed E-state index contributed by atoms with van der Waals surface area (Å²) in [7, 11) is 0. The van der Waals surface area contributed by atoms with Gasteiger partial charge in [0.25, 0.3) is 0 Å². The Morgan fingerprint density at radius 1 is 0.305 bits per heavy atom. The van der Waals surface area contributed by atoms with Gasteiger partial charge in [0, 0.05) is 48.8 Å². The number of benzene rings is 10. The lowest BCUT2D eigenvalue weighted by Crippen LogP contribution is -1.95. The smallest absolute Gasteiger partial charge is 0.204 e. The first-order valence-electron chi connectivity index (χ1n) is 18.7. The molecule has 11 aromatic rings. The van der Waals surface area contributed by atoms with E-state index in [0.717, 1.165) is 37.9 Å². The summed E-state index contributed by atoms with van der Waals surface area (Å²) in [5, 5.41) is 98.4. The van der Waals surface area contributed by atoms with E-state index in [1.54, 1.807) is 36.4 Å². The quantitative estimate of drug-likeness (QED) is 0.0376. The van der Waals surface area contributed by atoms with E-state index in [1.165, 1.54) is 0 Å². The van der Waals surface area contributed by atoms with Crippen LogP contribution in [0.15, 0.2) is 138 Å². The van der Waals surface area contributed by atoms with Gasteiger partial charge in [-0.15, -0.1) is 0 Å². The van der Waals surface area contributed by atoms with Crippen molar-refractivity contribution in [2.75, 3.05) is 0 Å². The fraction of sp³-hybridized carbons (Fsp3) is 0. The van der Waals surface area contributed by atoms with Gasteiger partial charge in [0.1, 0.15) is 11.2 Å². The number of furan rings is 1. The summed E-state index contributed by atoms with van der Waals surface area (Å²) >= 11 is 0. The lowest BCUT2D eigenvalue weighted by molar-refractivity contribution is 0.350. The van der Waals surface area contributed by atoms with Gasteiger partial charge in [-0.1, -0.05) is 115 Å². The topological polar surface area (TPSA) is 175 Å². The van der Waals surface area contributed by atoms with Crippen molar-refractivity contribution in [3.8, 4) is 79.4 Å².